The molecule has 3 aromatic rings. The van der Waals surface area contributed by atoms with E-state index >= 15 is 0 Å². The molecule has 0 saturated heterocycles. The normalized spacial score (nSPS) is 11.2. The topological polar surface area (TPSA) is 95.7 Å². The van der Waals surface area contributed by atoms with E-state index in [1.165, 1.54) is 19.2 Å². The molecule has 0 aliphatic carbocycles. The van der Waals surface area contributed by atoms with E-state index in [2.05, 4.69) is 0 Å². The van der Waals surface area contributed by atoms with Crippen LogP contribution in [0.1, 0.15) is 27.0 Å². The molecule has 0 unspecified atom stereocenters. The minimum Gasteiger partial charge on any atom is -0.488 e. The van der Waals surface area contributed by atoms with E-state index in [4.69, 9.17) is 15.2 Å². The molecular formula is C24H25NO5S. The van der Waals surface area contributed by atoms with Gasteiger partial charge in [0.05, 0.1) is 16.9 Å². The van der Waals surface area contributed by atoms with Crippen LogP contribution in [-0.4, -0.2) is 28.0 Å². The van der Waals surface area contributed by atoms with Gasteiger partial charge >= 0.3 is 5.97 Å². The molecule has 0 aliphatic rings. The van der Waals surface area contributed by atoms with Gasteiger partial charge in [-0.2, -0.15) is 0 Å². The molecule has 31 heavy (non-hydrogen) atoms. The first-order valence-electron chi connectivity index (χ1n) is 9.80. The highest BCUT2D eigenvalue weighted by Gasteiger charge is 2.24. The van der Waals surface area contributed by atoms with Crippen molar-refractivity contribution in [3.8, 4) is 5.75 Å². The van der Waals surface area contributed by atoms with Crippen LogP contribution in [0.5, 0.6) is 5.75 Å². The van der Waals surface area contributed by atoms with Gasteiger partial charge in [0.1, 0.15) is 17.9 Å². The van der Waals surface area contributed by atoms with Crippen molar-refractivity contribution in [1.29, 1.82) is 0 Å². The quantitative estimate of drug-likeness (QED) is 0.538. The van der Waals surface area contributed by atoms with Crippen LogP contribution < -0.4 is 10.5 Å². The van der Waals surface area contributed by atoms with Crippen LogP contribution in [0.4, 0.5) is 0 Å². The maximum atomic E-state index is 13.2. The Morgan fingerprint density at radius 3 is 2.23 bits per heavy atom. The average Bonchev–Trinajstić information content (AvgIpc) is 2.78. The number of nitrogens with two attached hydrogens (primary N) is 1. The largest absolute Gasteiger partial charge is 0.488 e. The summed E-state index contributed by atoms with van der Waals surface area (Å²) in [6.07, 6.45) is 0.666. The first-order chi connectivity index (χ1) is 14.9. The summed E-state index contributed by atoms with van der Waals surface area (Å²) in [6.45, 7) is 2.43. The second-order valence-electron chi connectivity index (χ2n) is 7.07. The van der Waals surface area contributed by atoms with Crippen molar-refractivity contribution in [2.75, 3.05) is 13.7 Å². The average molecular weight is 440 g/mol. The third-order valence-corrected chi connectivity index (χ3v) is 6.61. The van der Waals surface area contributed by atoms with Gasteiger partial charge in [-0.15, -0.1) is 0 Å². The van der Waals surface area contributed by atoms with Crippen LogP contribution in [0.2, 0.25) is 0 Å². The number of benzene rings is 3. The van der Waals surface area contributed by atoms with Gasteiger partial charge < -0.3 is 15.2 Å². The lowest BCUT2D eigenvalue weighted by atomic mass is 10.1. The predicted octanol–water partition coefficient (Wildman–Crippen LogP) is 3.69. The van der Waals surface area contributed by atoms with Crippen molar-refractivity contribution in [1.82, 2.24) is 0 Å². The Morgan fingerprint density at radius 2 is 1.61 bits per heavy atom. The molecule has 7 heteroatoms. The molecule has 2 N–H and O–H groups in total. The minimum absolute atomic E-state index is 0.00374. The molecule has 0 spiro atoms. The van der Waals surface area contributed by atoms with E-state index in [-0.39, 0.29) is 22.0 Å². The molecule has 0 aliphatic heterocycles. The smallest absolute Gasteiger partial charge is 0.341 e. The van der Waals surface area contributed by atoms with Gasteiger partial charge in [-0.05, 0) is 60.8 Å². The zero-order chi connectivity index (χ0) is 22.4. The summed E-state index contributed by atoms with van der Waals surface area (Å²) in [6, 6.07) is 18.9. The van der Waals surface area contributed by atoms with E-state index < -0.39 is 15.8 Å². The van der Waals surface area contributed by atoms with Gasteiger partial charge in [0, 0.05) is 0 Å². The molecule has 0 saturated carbocycles. The maximum Gasteiger partial charge on any atom is 0.341 e. The molecule has 0 bridgehead atoms. The summed E-state index contributed by atoms with van der Waals surface area (Å²) in [5, 5.41) is 0. The zero-order valence-electron chi connectivity index (χ0n) is 17.5. The van der Waals surface area contributed by atoms with Gasteiger partial charge in [0.25, 0.3) is 0 Å². The molecule has 0 heterocycles. The van der Waals surface area contributed by atoms with Crippen LogP contribution >= 0.6 is 0 Å². The first kappa shape index (κ1) is 22.5. The molecular weight excluding hydrogens is 414 g/mol. The first-order valence-corrected chi connectivity index (χ1v) is 11.3. The van der Waals surface area contributed by atoms with Crippen LogP contribution in [-0.2, 0) is 27.6 Å². The number of sulfone groups is 1. The lowest BCUT2D eigenvalue weighted by molar-refractivity contribution is 0.0595. The van der Waals surface area contributed by atoms with Gasteiger partial charge in [-0.3, -0.25) is 0 Å². The maximum absolute atomic E-state index is 13.2. The lowest BCUT2D eigenvalue weighted by Gasteiger charge is -2.15. The van der Waals surface area contributed by atoms with E-state index in [9.17, 15) is 13.2 Å². The number of carbonyl (C=O) groups excluding carboxylic acids is 1. The molecule has 162 valence electrons. The summed E-state index contributed by atoms with van der Waals surface area (Å²) < 4.78 is 37.1. The van der Waals surface area contributed by atoms with Crippen LogP contribution in [0.15, 0.2) is 76.5 Å². The number of esters is 1. The Morgan fingerprint density at radius 1 is 0.935 bits per heavy atom. The van der Waals surface area contributed by atoms with Gasteiger partial charge in [0.15, 0.2) is 0 Å². The number of ether oxygens (including phenoxy) is 2. The number of aryl methyl sites for hydroxylation is 1. The fourth-order valence-electron chi connectivity index (χ4n) is 3.22. The Labute approximate surface area is 182 Å². The van der Waals surface area contributed by atoms with E-state index in [1.807, 2.05) is 30.3 Å². The molecule has 3 rings (SSSR count). The molecule has 3 aromatic carbocycles. The standard InChI is InChI=1S/C24H25NO5S/c1-17-14-21(31(27,28)20-10-8-18(9-11-20)12-13-25)15-22(24(26)29-2)23(17)30-16-19-6-4-3-5-7-19/h3-11,14-15H,12-13,16,25H2,1-2H3. The summed E-state index contributed by atoms with van der Waals surface area (Å²) in [4.78, 5) is 12.6. The molecule has 0 aromatic heterocycles. The highest BCUT2D eigenvalue weighted by atomic mass is 32.2. The van der Waals surface area contributed by atoms with Crippen LogP contribution in [0.25, 0.3) is 0 Å². The summed E-state index contributed by atoms with van der Waals surface area (Å²) in [5.74, 6) is -0.366. The zero-order valence-corrected chi connectivity index (χ0v) is 18.3. The number of rotatable bonds is 8. The Bertz CT molecular complexity index is 1160. The fraction of sp³-hybridized carbons (Fsp3) is 0.208. The van der Waals surface area contributed by atoms with Crippen molar-refractivity contribution in [2.45, 2.75) is 29.7 Å². The van der Waals surface area contributed by atoms with Crippen LogP contribution in [0, 0.1) is 6.92 Å². The highest BCUT2D eigenvalue weighted by Crippen LogP contribution is 2.31. The summed E-state index contributed by atoms with van der Waals surface area (Å²) in [5.41, 5.74) is 8.02. The fourth-order valence-corrected chi connectivity index (χ4v) is 4.59. The van der Waals surface area contributed by atoms with Gasteiger partial charge in [-0.25, -0.2) is 13.2 Å². The number of hydrogen-bond donors (Lipinski definition) is 1. The van der Waals surface area contributed by atoms with E-state index in [1.54, 1.807) is 31.2 Å². The second-order valence-corrected chi connectivity index (χ2v) is 9.02. The summed E-state index contributed by atoms with van der Waals surface area (Å²) in [7, 11) is -2.59. The SMILES string of the molecule is COC(=O)c1cc(S(=O)(=O)c2ccc(CCN)cc2)cc(C)c1OCc1ccccc1. The van der Waals surface area contributed by atoms with Crippen molar-refractivity contribution in [2.24, 2.45) is 5.73 Å². The number of methoxy groups -OCH3 is 1. The van der Waals surface area contributed by atoms with Crippen molar-refractivity contribution < 1.29 is 22.7 Å². The van der Waals surface area contributed by atoms with Crippen molar-refractivity contribution in [3.63, 3.8) is 0 Å². The molecule has 6 nitrogen and oxygen atoms in total. The third kappa shape index (κ3) is 5.13. The minimum atomic E-state index is -3.84. The highest BCUT2D eigenvalue weighted by molar-refractivity contribution is 7.91. The molecule has 0 atom stereocenters. The monoisotopic (exact) mass is 439 g/mol. The van der Waals surface area contributed by atoms with Crippen molar-refractivity contribution in [3.05, 3.63) is 89.0 Å². The summed E-state index contributed by atoms with van der Waals surface area (Å²) >= 11 is 0. The number of carbonyl (C=O) groups is 1. The van der Waals surface area contributed by atoms with E-state index in [0.717, 1.165) is 11.1 Å². The molecule has 0 radical (unpaired) electrons. The Balaban J connectivity index is 1.99. The molecule has 0 amide bonds. The predicted molar refractivity (Wildman–Crippen MR) is 118 cm³/mol. The number of hydrogen-bond acceptors (Lipinski definition) is 6. The second kappa shape index (κ2) is 9.76. The third-order valence-electron chi connectivity index (χ3n) is 4.86. The van der Waals surface area contributed by atoms with Gasteiger partial charge in [-0.1, -0.05) is 42.5 Å². The van der Waals surface area contributed by atoms with Crippen LogP contribution in [0.3, 0.4) is 0 Å². The Kier molecular flexibility index (Phi) is 7.09. The lowest BCUT2D eigenvalue weighted by Crippen LogP contribution is -2.11. The van der Waals surface area contributed by atoms with Gasteiger partial charge in [0.2, 0.25) is 9.84 Å². The molecule has 0 fully saturated rings. The Hall–Kier alpha value is -3.16. The van der Waals surface area contributed by atoms with Crippen molar-refractivity contribution >= 4 is 15.8 Å². The van der Waals surface area contributed by atoms with E-state index in [0.29, 0.717) is 24.3 Å².